The molecular formula is C29H26ClF3N2O5S. The van der Waals surface area contributed by atoms with E-state index < -0.39 is 44.0 Å². The van der Waals surface area contributed by atoms with Crippen molar-refractivity contribution in [1.29, 1.82) is 0 Å². The first-order valence-corrected chi connectivity index (χ1v) is 14.8. The van der Waals surface area contributed by atoms with Crippen LogP contribution in [0.4, 0.5) is 18.9 Å². The van der Waals surface area contributed by atoms with Crippen LogP contribution in [0.2, 0.25) is 5.02 Å². The molecule has 0 radical (unpaired) electrons. The number of halogens is 4. The maximum absolute atomic E-state index is 13.9. The minimum absolute atomic E-state index is 0.0865. The van der Waals surface area contributed by atoms with Crippen LogP contribution in [0, 0.1) is 29.3 Å². The zero-order valence-corrected chi connectivity index (χ0v) is 23.1. The first kappa shape index (κ1) is 29.1. The number of anilines is 1. The van der Waals surface area contributed by atoms with E-state index >= 15 is 0 Å². The van der Waals surface area contributed by atoms with Crippen LogP contribution in [0.15, 0.2) is 70.7 Å². The van der Waals surface area contributed by atoms with E-state index in [0.29, 0.717) is 25.0 Å². The first-order valence-electron chi connectivity index (χ1n) is 12.9. The number of rotatable bonds is 8. The highest BCUT2D eigenvalue weighted by Gasteiger charge is 2.54. The van der Waals surface area contributed by atoms with Crippen molar-refractivity contribution in [3.63, 3.8) is 0 Å². The number of fused-ring (bicyclic) bond motifs is 2. The zero-order chi connectivity index (χ0) is 29.4. The summed E-state index contributed by atoms with van der Waals surface area (Å²) in [5, 5.41) is 16.4. The number of oxime groups is 1. The van der Waals surface area contributed by atoms with E-state index in [1.165, 1.54) is 18.3 Å². The fourth-order valence-corrected chi connectivity index (χ4v) is 8.69. The Hall–Kier alpha value is -3.41. The van der Waals surface area contributed by atoms with Crippen molar-refractivity contribution in [2.24, 2.45) is 17.0 Å². The van der Waals surface area contributed by atoms with Gasteiger partial charge in [0.2, 0.25) is 0 Å². The van der Waals surface area contributed by atoms with E-state index in [4.69, 9.17) is 16.4 Å². The lowest BCUT2D eigenvalue weighted by molar-refractivity contribution is 0.0411. The molecule has 41 heavy (non-hydrogen) atoms. The Morgan fingerprint density at radius 3 is 2.32 bits per heavy atom. The Kier molecular flexibility index (Phi) is 8.13. The van der Waals surface area contributed by atoms with Gasteiger partial charge < -0.3 is 15.3 Å². The molecule has 12 heteroatoms. The fraction of sp³-hybridized carbons (Fsp3) is 0.310. The van der Waals surface area contributed by atoms with Crippen molar-refractivity contribution in [2.45, 2.75) is 48.0 Å². The molecule has 0 spiro atoms. The molecule has 3 aromatic carbocycles. The maximum Gasteiger partial charge on any atom is 0.255 e. The van der Waals surface area contributed by atoms with Gasteiger partial charge in [-0.3, -0.25) is 4.79 Å². The summed E-state index contributed by atoms with van der Waals surface area (Å²) >= 11 is 6.29. The average molecular weight is 607 g/mol. The van der Waals surface area contributed by atoms with Gasteiger partial charge >= 0.3 is 0 Å². The van der Waals surface area contributed by atoms with Crippen molar-refractivity contribution < 1.29 is 36.3 Å². The highest BCUT2D eigenvalue weighted by molar-refractivity contribution is 7.92. The van der Waals surface area contributed by atoms with Crippen molar-refractivity contribution in [1.82, 2.24) is 0 Å². The van der Waals surface area contributed by atoms with E-state index in [0.717, 1.165) is 11.6 Å². The summed E-state index contributed by atoms with van der Waals surface area (Å²) in [7, 11) is -4.06. The molecule has 2 aliphatic carbocycles. The summed E-state index contributed by atoms with van der Waals surface area (Å²) in [6.45, 7) is 0.227. The minimum atomic E-state index is -4.06. The average Bonchev–Trinajstić information content (AvgIpc) is 3.23. The van der Waals surface area contributed by atoms with Crippen LogP contribution < -0.4 is 5.32 Å². The Morgan fingerprint density at radius 2 is 1.68 bits per heavy atom. The monoisotopic (exact) mass is 606 g/mol. The van der Waals surface area contributed by atoms with Gasteiger partial charge in [0.1, 0.15) is 12.2 Å². The quantitative estimate of drug-likeness (QED) is 0.189. The van der Waals surface area contributed by atoms with Crippen LogP contribution in [-0.2, 0) is 21.3 Å². The molecule has 2 aliphatic rings. The number of amides is 1. The van der Waals surface area contributed by atoms with E-state index in [1.54, 1.807) is 0 Å². The van der Waals surface area contributed by atoms with Crippen molar-refractivity contribution in [3.8, 4) is 0 Å². The number of nitrogens with one attached hydrogen (secondary N) is 1. The number of sulfone groups is 1. The highest BCUT2D eigenvalue weighted by Crippen LogP contribution is 2.51. The van der Waals surface area contributed by atoms with Gasteiger partial charge in [-0.1, -0.05) is 47.1 Å². The van der Waals surface area contributed by atoms with Crippen LogP contribution >= 0.6 is 11.6 Å². The van der Waals surface area contributed by atoms with E-state index in [1.807, 2.05) is 30.3 Å². The predicted molar refractivity (Wildman–Crippen MR) is 147 cm³/mol. The van der Waals surface area contributed by atoms with Crippen molar-refractivity contribution >= 4 is 39.2 Å². The standard InChI is InChI=1S/C29H26ClF3N2O5S/c30-22-9-8-18(28(36)35-21-11-23(31)26(33)24(32)12-21)10-25(22)41(38,39)27-19-6-7-20(27)14-29(37,13-19)16-34-40-15-17-4-2-1-3-5-17/h1-5,8-12,16,19-20,27,37H,6-7,13-15H2,(H,35,36)/b34-16+. The smallest absolute Gasteiger partial charge is 0.255 e. The topological polar surface area (TPSA) is 105 Å². The van der Waals surface area contributed by atoms with Crippen LogP contribution in [0.3, 0.4) is 0 Å². The third-order valence-corrected chi connectivity index (χ3v) is 10.5. The SMILES string of the molecule is O=C(Nc1cc(F)c(F)c(F)c1)c1ccc(Cl)c(S(=O)(=O)C2C3CCC2CC(O)(/C=N/OCc2ccccc2)C3)c1. The van der Waals surface area contributed by atoms with Gasteiger partial charge in [-0.15, -0.1) is 0 Å². The lowest BCUT2D eigenvalue weighted by Gasteiger charge is -2.38. The maximum atomic E-state index is 13.9. The Balaban J connectivity index is 1.31. The van der Waals surface area contributed by atoms with E-state index in [9.17, 15) is 31.5 Å². The number of hydrogen-bond acceptors (Lipinski definition) is 6. The minimum Gasteiger partial charge on any atom is -0.391 e. The molecule has 216 valence electrons. The number of nitrogens with zero attached hydrogens (tertiary/aromatic N) is 1. The van der Waals surface area contributed by atoms with Gasteiger partial charge in [0.05, 0.1) is 21.4 Å². The first-order chi connectivity index (χ1) is 19.5. The van der Waals surface area contributed by atoms with Crippen LogP contribution in [0.5, 0.6) is 0 Å². The van der Waals surface area contributed by atoms with Gasteiger partial charge in [-0.25, -0.2) is 21.6 Å². The van der Waals surface area contributed by atoms with Gasteiger partial charge in [0.15, 0.2) is 27.3 Å². The predicted octanol–water partition coefficient (Wildman–Crippen LogP) is 5.91. The molecule has 3 aromatic rings. The fourth-order valence-electron chi connectivity index (χ4n) is 5.84. The molecule has 7 nitrogen and oxygen atoms in total. The summed E-state index contributed by atoms with van der Waals surface area (Å²) in [6.07, 6.45) is 2.81. The van der Waals surface area contributed by atoms with Gasteiger partial charge in [0, 0.05) is 23.4 Å². The van der Waals surface area contributed by atoms with Crippen LogP contribution in [0.1, 0.15) is 41.6 Å². The Labute approximate surface area is 239 Å². The third-order valence-electron chi connectivity index (χ3n) is 7.61. The molecule has 2 unspecified atom stereocenters. The van der Waals surface area contributed by atoms with E-state index in [-0.39, 0.29) is 52.5 Å². The molecule has 2 saturated carbocycles. The lowest BCUT2D eigenvalue weighted by Crippen LogP contribution is -2.47. The molecule has 0 aliphatic heterocycles. The summed E-state index contributed by atoms with van der Waals surface area (Å²) in [4.78, 5) is 17.9. The molecule has 2 bridgehead atoms. The summed E-state index contributed by atoms with van der Waals surface area (Å²) < 4.78 is 68.1. The van der Waals surface area contributed by atoms with Crippen molar-refractivity contribution in [2.75, 3.05) is 5.32 Å². The summed E-state index contributed by atoms with van der Waals surface area (Å²) in [6, 6.07) is 14.3. The molecule has 2 atom stereocenters. The molecule has 0 saturated heterocycles. The van der Waals surface area contributed by atoms with Crippen LogP contribution in [0.25, 0.3) is 0 Å². The summed E-state index contributed by atoms with van der Waals surface area (Å²) in [5.74, 6) is -6.29. The molecule has 2 fully saturated rings. The van der Waals surface area contributed by atoms with Gasteiger partial charge in [-0.05, 0) is 61.3 Å². The number of benzene rings is 3. The third kappa shape index (κ3) is 6.12. The second-order valence-corrected chi connectivity index (χ2v) is 12.9. The normalized spacial score (nSPS) is 24.0. The number of aliphatic hydroxyl groups is 1. The largest absolute Gasteiger partial charge is 0.391 e. The molecule has 2 N–H and O–H groups in total. The number of hydrogen-bond donors (Lipinski definition) is 2. The van der Waals surface area contributed by atoms with E-state index in [2.05, 4.69) is 10.5 Å². The molecule has 5 rings (SSSR count). The van der Waals surface area contributed by atoms with Gasteiger partial charge in [-0.2, -0.15) is 0 Å². The van der Waals surface area contributed by atoms with Crippen molar-refractivity contribution in [3.05, 3.63) is 94.3 Å². The second kappa shape index (κ2) is 11.5. The number of carbonyl (C=O) groups is 1. The number of carbonyl (C=O) groups excluding carboxylic acids is 1. The Morgan fingerprint density at radius 1 is 1.05 bits per heavy atom. The second-order valence-electron chi connectivity index (χ2n) is 10.5. The molecule has 0 aromatic heterocycles. The lowest BCUT2D eigenvalue weighted by atomic mass is 9.78. The molecular weight excluding hydrogens is 581 g/mol. The Bertz CT molecular complexity index is 1570. The van der Waals surface area contributed by atoms with Crippen LogP contribution in [-0.4, -0.2) is 36.5 Å². The zero-order valence-electron chi connectivity index (χ0n) is 21.6. The van der Waals surface area contributed by atoms with Gasteiger partial charge in [0.25, 0.3) is 5.91 Å². The summed E-state index contributed by atoms with van der Waals surface area (Å²) in [5.41, 5.74) is -0.888. The molecule has 0 heterocycles. The highest BCUT2D eigenvalue weighted by atomic mass is 35.5. The molecule has 1 amide bonds.